The van der Waals surface area contributed by atoms with Crippen LogP contribution in [-0.2, 0) is 0 Å². The van der Waals surface area contributed by atoms with Gasteiger partial charge in [-0.25, -0.2) is 0 Å². The molecule has 17 heavy (non-hydrogen) atoms. The summed E-state index contributed by atoms with van der Waals surface area (Å²) in [5.74, 6) is 0.868. The molecule has 0 aliphatic heterocycles. The van der Waals surface area contributed by atoms with Crippen molar-refractivity contribution in [2.24, 2.45) is 0 Å². The molecule has 3 nitrogen and oxygen atoms in total. The van der Waals surface area contributed by atoms with Crippen molar-refractivity contribution in [1.82, 2.24) is 0 Å². The predicted octanol–water partition coefficient (Wildman–Crippen LogP) is 2.97. The smallest absolute Gasteiger partial charge is 0.145 e. The van der Waals surface area contributed by atoms with Crippen molar-refractivity contribution in [2.45, 2.75) is 33.7 Å². The van der Waals surface area contributed by atoms with Crippen molar-refractivity contribution in [3.05, 3.63) is 22.8 Å². The van der Waals surface area contributed by atoms with Crippen molar-refractivity contribution in [1.29, 1.82) is 5.26 Å². The molecular weight excluding hydrogens is 212 g/mol. The third-order valence-electron chi connectivity index (χ3n) is 3.28. The fourth-order valence-corrected chi connectivity index (χ4v) is 2.01. The van der Waals surface area contributed by atoms with E-state index in [2.05, 4.69) is 19.1 Å². The van der Waals surface area contributed by atoms with Crippen LogP contribution in [0.5, 0.6) is 5.75 Å². The summed E-state index contributed by atoms with van der Waals surface area (Å²) in [6.45, 7) is 8.04. The van der Waals surface area contributed by atoms with Crippen LogP contribution in [0.2, 0.25) is 0 Å². The molecule has 0 N–H and O–H groups in total. The van der Waals surface area contributed by atoms with E-state index in [-0.39, 0.29) is 6.04 Å². The van der Waals surface area contributed by atoms with Gasteiger partial charge in [-0.05, 0) is 44.4 Å². The van der Waals surface area contributed by atoms with E-state index in [1.807, 2.05) is 32.7 Å². The fourth-order valence-electron chi connectivity index (χ4n) is 2.01. The molecule has 0 radical (unpaired) electrons. The van der Waals surface area contributed by atoms with Gasteiger partial charge in [0.2, 0.25) is 0 Å². The highest BCUT2D eigenvalue weighted by Gasteiger charge is 2.19. The molecule has 0 heterocycles. The Hall–Kier alpha value is -1.69. The van der Waals surface area contributed by atoms with Gasteiger partial charge in [0.1, 0.15) is 11.8 Å². The van der Waals surface area contributed by atoms with Crippen LogP contribution in [0.4, 0.5) is 5.69 Å². The first kappa shape index (κ1) is 13.4. The van der Waals surface area contributed by atoms with Crippen LogP contribution < -0.4 is 9.64 Å². The topological polar surface area (TPSA) is 36.3 Å². The number of hydrogen-bond acceptors (Lipinski definition) is 3. The van der Waals surface area contributed by atoms with Crippen molar-refractivity contribution in [2.75, 3.05) is 19.1 Å². The molecule has 0 amide bonds. The van der Waals surface area contributed by atoms with Crippen LogP contribution in [0.3, 0.4) is 0 Å². The summed E-state index contributed by atoms with van der Waals surface area (Å²) in [5.41, 5.74) is 4.48. The van der Waals surface area contributed by atoms with E-state index in [4.69, 9.17) is 10.00 Å². The molecule has 0 aliphatic rings. The maximum Gasteiger partial charge on any atom is 0.145 e. The lowest BCUT2D eigenvalue weighted by atomic mass is 10.0. The lowest BCUT2D eigenvalue weighted by Crippen LogP contribution is -2.28. The largest absolute Gasteiger partial charge is 0.494 e. The molecule has 1 aromatic carbocycles. The third-order valence-corrected chi connectivity index (χ3v) is 3.28. The average molecular weight is 232 g/mol. The minimum Gasteiger partial charge on any atom is -0.494 e. The highest BCUT2D eigenvalue weighted by Crippen LogP contribution is 2.37. The monoisotopic (exact) mass is 232 g/mol. The zero-order chi connectivity index (χ0) is 13.2. The summed E-state index contributed by atoms with van der Waals surface area (Å²) in [6.07, 6.45) is 0. The van der Waals surface area contributed by atoms with E-state index in [9.17, 15) is 0 Å². The number of nitriles is 1. The number of rotatable bonds is 3. The van der Waals surface area contributed by atoms with Gasteiger partial charge in [-0.2, -0.15) is 5.26 Å². The first-order valence-electron chi connectivity index (χ1n) is 5.71. The second-order valence-corrected chi connectivity index (χ2v) is 4.43. The molecule has 0 spiro atoms. The second-order valence-electron chi connectivity index (χ2n) is 4.43. The molecule has 1 atom stereocenters. The highest BCUT2D eigenvalue weighted by molar-refractivity contribution is 5.68. The van der Waals surface area contributed by atoms with Gasteiger partial charge in [-0.15, -0.1) is 0 Å². The first-order valence-corrected chi connectivity index (χ1v) is 5.71. The zero-order valence-corrected chi connectivity index (χ0v) is 11.5. The van der Waals surface area contributed by atoms with Crippen molar-refractivity contribution in [3.8, 4) is 11.8 Å². The van der Waals surface area contributed by atoms with Crippen LogP contribution in [0.15, 0.2) is 6.07 Å². The summed E-state index contributed by atoms with van der Waals surface area (Å²) in [5, 5.41) is 9.01. The van der Waals surface area contributed by atoms with Gasteiger partial charge in [-0.3, -0.25) is 0 Å². The molecule has 1 rings (SSSR count). The van der Waals surface area contributed by atoms with Crippen molar-refractivity contribution < 1.29 is 4.74 Å². The van der Waals surface area contributed by atoms with Gasteiger partial charge in [0.15, 0.2) is 0 Å². The number of hydrogen-bond donors (Lipinski definition) is 0. The fraction of sp³-hybridized carbons (Fsp3) is 0.500. The molecule has 0 bridgehead atoms. The van der Waals surface area contributed by atoms with E-state index in [1.54, 1.807) is 7.11 Å². The van der Waals surface area contributed by atoms with Gasteiger partial charge in [0.05, 0.1) is 18.9 Å². The predicted molar refractivity (Wildman–Crippen MR) is 70.7 cm³/mol. The van der Waals surface area contributed by atoms with Crippen LogP contribution in [0.1, 0.15) is 23.6 Å². The number of ether oxygens (including phenoxy) is 1. The van der Waals surface area contributed by atoms with Crippen molar-refractivity contribution in [3.63, 3.8) is 0 Å². The Morgan fingerprint density at radius 1 is 1.29 bits per heavy atom. The number of aryl methyl sites for hydroxylation is 2. The Bertz CT molecular complexity index is 460. The van der Waals surface area contributed by atoms with Gasteiger partial charge in [0, 0.05) is 7.05 Å². The Kier molecular flexibility index (Phi) is 4.01. The summed E-state index contributed by atoms with van der Waals surface area (Å²) in [4.78, 5) is 1.96. The lowest BCUT2D eigenvalue weighted by molar-refractivity contribution is 0.410. The Labute approximate surface area is 104 Å². The molecule has 1 unspecified atom stereocenters. The van der Waals surface area contributed by atoms with E-state index < -0.39 is 0 Å². The third kappa shape index (κ3) is 2.36. The minimum absolute atomic E-state index is 0.176. The summed E-state index contributed by atoms with van der Waals surface area (Å²) in [7, 11) is 3.60. The number of methoxy groups -OCH3 is 1. The van der Waals surface area contributed by atoms with Gasteiger partial charge < -0.3 is 9.64 Å². The normalized spacial score (nSPS) is 11.8. The molecule has 92 valence electrons. The molecule has 1 aromatic rings. The minimum atomic E-state index is -0.176. The number of benzene rings is 1. The molecule has 0 saturated carbocycles. The van der Waals surface area contributed by atoms with E-state index >= 15 is 0 Å². The summed E-state index contributed by atoms with van der Waals surface area (Å²) in [6, 6.07) is 4.20. The summed E-state index contributed by atoms with van der Waals surface area (Å²) < 4.78 is 5.50. The van der Waals surface area contributed by atoms with Gasteiger partial charge >= 0.3 is 0 Å². The Morgan fingerprint density at radius 2 is 1.88 bits per heavy atom. The lowest BCUT2D eigenvalue weighted by Gasteiger charge is -2.27. The summed E-state index contributed by atoms with van der Waals surface area (Å²) >= 11 is 0. The quantitative estimate of drug-likeness (QED) is 0.804. The van der Waals surface area contributed by atoms with Gasteiger partial charge in [-0.1, -0.05) is 6.07 Å². The van der Waals surface area contributed by atoms with E-state index in [0.717, 1.165) is 22.6 Å². The molecule has 0 saturated heterocycles. The zero-order valence-electron chi connectivity index (χ0n) is 11.5. The molecule has 0 aromatic heterocycles. The van der Waals surface area contributed by atoms with Crippen LogP contribution >= 0.6 is 0 Å². The average Bonchev–Trinajstić information content (AvgIpc) is 2.31. The first-order chi connectivity index (χ1) is 7.93. The number of anilines is 1. The Balaban J connectivity index is 3.42. The second kappa shape index (κ2) is 5.09. The Morgan fingerprint density at radius 3 is 2.35 bits per heavy atom. The van der Waals surface area contributed by atoms with E-state index in [1.165, 1.54) is 5.56 Å². The molecule has 0 aliphatic carbocycles. The number of nitrogens with zero attached hydrogens (tertiary/aromatic N) is 2. The molecular formula is C14H20N2O. The SMILES string of the molecule is COc1c(C)c(C)cc(C)c1N(C)C(C)C#N. The maximum absolute atomic E-state index is 9.01. The van der Waals surface area contributed by atoms with E-state index in [0.29, 0.717) is 0 Å². The highest BCUT2D eigenvalue weighted by atomic mass is 16.5. The van der Waals surface area contributed by atoms with Crippen LogP contribution in [0, 0.1) is 32.1 Å². The van der Waals surface area contributed by atoms with Crippen molar-refractivity contribution >= 4 is 5.69 Å². The van der Waals surface area contributed by atoms with Crippen LogP contribution in [-0.4, -0.2) is 20.2 Å². The standard InChI is InChI=1S/C14H20N2O/c1-9-7-10(2)13(14(17-6)12(9)4)16(5)11(3)8-15/h7,11H,1-6H3. The van der Waals surface area contributed by atoms with Crippen LogP contribution in [0.25, 0.3) is 0 Å². The molecule has 0 fully saturated rings. The maximum atomic E-state index is 9.01. The molecule has 3 heteroatoms. The van der Waals surface area contributed by atoms with Gasteiger partial charge in [0.25, 0.3) is 0 Å².